The highest BCUT2D eigenvalue weighted by Crippen LogP contribution is 2.36. The van der Waals surface area contributed by atoms with Gasteiger partial charge in [-0.25, -0.2) is 0 Å². The van der Waals surface area contributed by atoms with Crippen LogP contribution in [-0.2, 0) is 10.2 Å². The van der Waals surface area contributed by atoms with Gasteiger partial charge in [-0.15, -0.1) is 0 Å². The zero-order valence-corrected chi connectivity index (χ0v) is 15.6. The highest BCUT2D eigenvalue weighted by molar-refractivity contribution is 9.08. The molecule has 0 saturated heterocycles. The normalized spacial score (nSPS) is 11.0. The summed E-state index contributed by atoms with van der Waals surface area (Å²) in [6, 6.07) is 12.9. The van der Waals surface area contributed by atoms with Crippen LogP contribution < -0.4 is 5.32 Å². The zero-order valence-electron chi connectivity index (χ0n) is 14.0. The predicted octanol–water partition coefficient (Wildman–Crippen LogP) is 4.32. The Labute approximate surface area is 142 Å². The number of quaternary nitrogens is 1. The van der Waals surface area contributed by atoms with E-state index < -0.39 is 0 Å². The second-order valence-corrected chi connectivity index (χ2v) is 5.94. The van der Waals surface area contributed by atoms with Crippen molar-refractivity contribution >= 4 is 38.7 Å². The van der Waals surface area contributed by atoms with Gasteiger partial charge >= 0.3 is 0 Å². The fourth-order valence-electron chi connectivity index (χ4n) is 2.70. The molecule has 2 N–H and O–H groups in total. The number of alkyl halides is 1. The second kappa shape index (κ2) is 9.06. The molecule has 0 radical (unpaired) electrons. The minimum Gasteiger partial charge on any atom is -0.313 e. The highest BCUT2D eigenvalue weighted by atomic mass is 79.9. The predicted molar refractivity (Wildman–Crippen MR) is 99.2 cm³/mol. The molecule has 0 aliphatic heterocycles. The van der Waals surface area contributed by atoms with E-state index >= 15 is 0 Å². The minimum atomic E-state index is 0.133. The third kappa shape index (κ3) is 4.40. The fraction of sp³-hybridized carbons (Fsp3) is 0.421. The monoisotopic (exact) mass is 364 g/mol. The summed E-state index contributed by atoms with van der Waals surface area (Å²) >= 11 is 2.94. The number of hydrogen-bond acceptors (Lipinski definition) is 1. The van der Waals surface area contributed by atoms with Crippen LogP contribution in [0, 0.1) is 0 Å². The maximum atomic E-state index is 10.5. The van der Waals surface area contributed by atoms with Crippen LogP contribution in [-0.4, -0.2) is 18.7 Å². The summed E-state index contributed by atoms with van der Waals surface area (Å²) in [4.78, 5) is 10.5. The van der Waals surface area contributed by atoms with Gasteiger partial charge in [0.05, 0.1) is 13.0 Å². The van der Waals surface area contributed by atoms with Gasteiger partial charge in [-0.2, -0.15) is 0 Å². The first kappa shape index (κ1) is 18.9. The first-order valence-corrected chi connectivity index (χ1v) is 9.35. The van der Waals surface area contributed by atoms with Crippen LogP contribution in [0.5, 0.6) is 0 Å². The van der Waals surface area contributed by atoms with E-state index in [0.717, 1.165) is 19.3 Å². The molecule has 2 rings (SSSR count). The highest BCUT2D eigenvalue weighted by Gasteiger charge is 2.26. The van der Waals surface area contributed by atoms with Crippen molar-refractivity contribution < 1.29 is 10.1 Å². The maximum absolute atomic E-state index is 10.5. The van der Waals surface area contributed by atoms with Crippen molar-refractivity contribution in [3.63, 3.8) is 0 Å². The summed E-state index contributed by atoms with van der Waals surface area (Å²) in [5.41, 5.74) is 2.81. The molecule has 0 atom stereocenters. The molecule has 120 valence electrons. The van der Waals surface area contributed by atoms with E-state index in [1.54, 1.807) is 0 Å². The summed E-state index contributed by atoms with van der Waals surface area (Å²) in [5.74, 6) is 1.81. The van der Waals surface area contributed by atoms with E-state index in [4.69, 9.17) is 0 Å². The molecule has 0 unspecified atom stereocenters. The molecule has 3 heteroatoms. The summed E-state index contributed by atoms with van der Waals surface area (Å²) in [6.07, 6.45) is 2.68. The lowest BCUT2D eigenvalue weighted by Gasteiger charge is -2.26. The summed E-state index contributed by atoms with van der Waals surface area (Å²) < 4.78 is 0. The molecule has 2 nitrogen and oxygen atoms in total. The van der Waals surface area contributed by atoms with Gasteiger partial charge in [0.25, 0.3) is 0 Å². The molecule has 0 saturated carbocycles. The quantitative estimate of drug-likeness (QED) is 0.352. The SMILES string of the molecule is CBr.CCC(C)(C)c1c([NH2+]CCC=O)ccc2ccccc12. The number of carbonyl (C=O) groups excluding carboxylic acids is 1. The molecule has 2 aromatic carbocycles. The Kier molecular flexibility index (Phi) is 7.77. The molecular formula is C19H27BrNO+. The molecule has 2 aromatic rings. The molecule has 0 heterocycles. The van der Waals surface area contributed by atoms with E-state index in [9.17, 15) is 4.79 Å². The Balaban J connectivity index is 0.00000116. The van der Waals surface area contributed by atoms with Gasteiger partial charge in [-0.3, -0.25) is 0 Å². The third-order valence-electron chi connectivity index (χ3n) is 4.17. The molecule has 22 heavy (non-hydrogen) atoms. The summed E-state index contributed by atoms with van der Waals surface area (Å²) in [5, 5.41) is 4.82. The molecule has 0 fully saturated rings. The van der Waals surface area contributed by atoms with Crippen LogP contribution in [0.15, 0.2) is 36.4 Å². The number of fused-ring (bicyclic) bond motifs is 1. The van der Waals surface area contributed by atoms with Crippen LogP contribution in [0.1, 0.15) is 39.2 Å². The van der Waals surface area contributed by atoms with E-state index in [1.807, 2.05) is 5.83 Å². The Bertz CT molecular complexity index is 607. The van der Waals surface area contributed by atoms with E-state index in [-0.39, 0.29) is 5.41 Å². The van der Waals surface area contributed by atoms with E-state index in [2.05, 4.69) is 78.4 Å². The van der Waals surface area contributed by atoms with Gasteiger partial charge in [0.15, 0.2) is 0 Å². The maximum Gasteiger partial charge on any atom is 0.133 e. The number of halogens is 1. The molecule has 0 aliphatic rings. The Hall–Kier alpha value is -1.19. The van der Waals surface area contributed by atoms with Crippen LogP contribution in [0.2, 0.25) is 0 Å². The summed E-state index contributed by atoms with van der Waals surface area (Å²) in [6.45, 7) is 7.64. The lowest BCUT2D eigenvalue weighted by atomic mass is 9.78. The van der Waals surface area contributed by atoms with Crippen LogP contribution >= 0.6 is 15.9 Å². The van der Waals surface area contributed by atoms with Gasteiger partial charge in [0.2, 0.25) is 0 Å². The molecule has 0 aromatic heterocycles. The second-order valence-electron chi connectivity index (χ2n) is 5.94. The van der Waals surface area contributed by atoms with E-state index in [0.29, 0.717) is 6.42 Å². The number of rotatable bonds is 6. The van der Waals surface area contributed by atoms with Gasteiger partial charge in [-0.05, 0) is 40.6 Å². The average molecular weight is 365 g/mol. The van der Waals surface area contributed by atoms with Crippen molar-refractivity contribution in [2.45, 2.75) is 39.0 Å². The molecule has 0 bridgehead atoms. The third-order valence-corrected chi connectivity index (χ3v) is 4.17. The van der Waals surface area contributed by atoms with Gasteiger partial charge in [0, 0.05) is 5.56 Å². The smallest absolute Gasteiger partial charge is 0.133 e. The molecule has 0 spiro atoms. The Morgan fingerprint density at radius 3 is 2.45 bits per heavy atom. The standard InChI is InChI=1S/C18H23NO.CH3Br/c1-4-18(2,3)17-15-9-6-5-8-14(15)10-11-16(17)19-12-7-13-20;1-2/h5-6,8-11,13,19H,4,7,12H2,1-3H3;1H3/p+1. The zero-order chi connectivity index (χ0) is 16.6. The first-order valence-electron chi connectivity index (χ1n) is 7.77. The molecule has 0 aliphatic carbocycles. The van der Waals surface area contributed by atoms with Crippen LogP contribution in [0.25, 0.3) is 10.8 Å². The van der Waals surface area contributed by atoms with Gasteiger partial charge < -0.3 is 10.1 Å². The topological polar surface area (TPSA) is 33.7 Å². The largest absolute Gasteiger partial charge is 0.313 e. The molecular weight excluding hydrogens is 338 g/mol. The fourth-order valence-corrected chi connectivity index (χ4v) is 2.70. The van der Waals surface area contributed by atoms with Crippen molar-refractivity contribution in [3.05, 3.63) is 42.0 Å². The Morgan fingerprint density at radius 1 is 1.14 bits per heavy atom. The Morgan fingerprint density at radius 2 is 1.82 bits per heavy atom. The van der Waals surface area contributed by atoms with Crippen molar-refractivity contribution in [2.24, 2.45) is 0 Å². The lowest BCUT2D eigenvalue weighted by Crippen LogP contribution is -2.78. The lowest BCUT2D eigenvalue weighted by molar-refractivity contribution is -0.570. The first-order chi connectivity index (χ1) is 10.6. The van der Waals surface area contributed by atoms with Crippen molar-refractivity contribution in [2.75, 3.05) is 12.4 Å². The average Bonchev–Trinajstić information content (AvgIpc) is 2.56. The summed E-state index contributed by atoms with van der Waals surface area (Å²) in [7, 11) is 0. The number of benzene rings is 2. The number of aldehydes is 1. The number of nitrogens with two attached hydrogens (primary N) is 1. The van der Waals surface area contributed by atoms with Crippen molar-refractivity contribution in [1.29, 1.82) is 0 Å². The van der Waals surface area contributed by atoms with Crippen LogP contribution in [0.3, 0.4) is 0 Å². The number of carbonyl (C=O) groups is 1. The van der Waals surface area contributed by atoms with Crippen molar-refractivity contribution in [3.8, 4) is 0 Å². The van der Waals surface area contributed by atoms with Crippen LogP contribution in [0.4, 0.5) is 5.69 Å². The minimum absolute atomic E-state index is 0.133. The molecule has 0 amide bonds. The number of hydrogen-bond donors (Lipinski definition) is 1. The van der Waals surface area contributed by atoms with E-state index in [1.165, 1.54) is 22.0 Å². The van der Waals surface area contributed by atoms with Gasteiger partial charge in [-0.1, -0.05) is 61.0 Å². The van der Waals surface area contributed by atoms with Crippen molar-refractivity contribution in [1.82, 2.24) is 0 Å². The van der Waals surface area contributed by atoms with Gasteiger partial charge in [0.1, 0.15) is 12.0 Å².